The molecule has 0 aromatic heterocycles. The van der Waals surface area contributed by atoms with Crippen LogP contribution in [0.1, 0.15) is 6.92 Å². The van der Waals surface area contributed by atoms with Crippen molar-refractivity contribution < 1.29 is 23.5 Å². The molecule has 160 valence electrons. The minimum Gasteiger partial charge on any atom is -0.442 e. The lowest BCUT2D eigenvalue weighted by Crippen LogP contribution is -2.49. The van der Waals surface area contributed by atoms with Crippen molar-refractivity contribution in [2.75, 3.05) is 49.1 Å². The maximum Gasteiger partial charge on any atom is 0.414 e. The van der Waals surface area contributed by atoms with Gasteiger partial charge in [-0.25, -0.2) is 9.18 Å². The van der Waals surface area contributed by atoms with Gasteiger partial charge in [-0.3, -0.25) is 19.4 Å². The van der Waals surface area contributed by atoms with Crippen LogP contribution in [0.15, 0.2) is 28.4 Å². The highest BCUT2D eigenvalue weighted by Crippen LogP contribution is 2.31. The Balaban J connectivity index is 1.37. The second-order valence-electron chi connectivity index (χ2n) is 7.14. The van der Waals surface area contributed by atoms with E-state index in [4.69, 9.17) is 4.74 Å². The predicted molar refractivity (Wildman–Crippen MR) is 108 cm³/mol. The van der Waals surface area contributed by atoms with E-state index >= 15 is 0 Å². The number of benzene rings is 1. The van der Waals surface area contributed by atoms with E-state index in [0.717, 1.165) is 11.8 Å². The minimum absolute atomic E-state index is 0.207. The highest BCUT2D eigenvalue weighted by atomic mass is 32.2. The number of piperazine rings is 1. The number of hydrogen-bond donors (Lipinski definition) is 1. The van der Waals surface area contributed by atoms with E-state index in [1.54, 1.807) is 12.1 Å². The SMILES string of the molecule is CC(=O)NCC1CN(c2ccc(N3CCN(C4N=NC(=O)S4)CC3)c(F)c2)C(=O)O1. The molecule has 2 fully saturated rings. The Morgan fingerprint density at radius 1 is 1.30 bits per heavy atom. The Morgan fingerprint density at radius 2 is 2.07 bits per heavy atom. The number of halogens is 1. The van der Waals surface area contributed by atoms with E-state index in [2.05, 4.69) is 15.5 Å². The first-order valence-electron chi connectivity index (χ1n) is 9.53. The summed E-state index contributed by atoms with van der Waals surface area (Å²) >= 11 is 1.08. The Kier molecular flexibility index (Phi) is 5.86. The monoisotopic (exact) mass is 436 g/mol. The standard InChI is InChI=1S/C18H21FN6O4S/c1-11(26)20-9-13-10-25(18(28)29-13)12-2-3-15(14(19)8-12)23-4-6-24(7-5-23)16-21-22-17(27)30-16/h2-3,8,13,16H,4-7,9-10H2,1H3,(H,20,26). The first-order chi connectivity index (χ1) is 14.4. The van der Waals surface area contributed by atoms with E-state index in [0.29, 0.717) is 37.6 Å². The fourth-order valence-electron chi connectivity index (χ4n) is 3.58. The predicted octanol–water partition coefficient (Wildman–Crippen LogP) is 2.01. The fraction of sp³-hybridized carbons (Fsp3) is 0.500. The molecule has 30 heavy (non-hydrogen) atoms. The van der Waals surface area contributed by atoms with Gasteiger partial charge in [0.1, 0.15) is 11.9 Å². The topological polar surface area (TPSA) is 107 Å². The van der Waals surface area contributed by atoms with Gasteiger partial charge >= 0.3 is 11.3 Å². The summed E-state index contributed by atoms with van der Waals surface area (Å²) in [6.07, 6.45) is -1.04. The molecule has 0 bridgehead atoms. The molecule has 2 unspecified atom stereocenters. The number of carbonyl (C=O) groups excluding carboxylic acids is 3. The summed E-state index contributed by atoms with van der Waals surface area (Å²) in [7, 11) is 0. The second-order valence-corrected chi connectivity index (χ2v) is 8.14. The zero-order chi connectivity index (χ0) is 21.3. The first kappa shape index (κ1) is 20.5. The van der Waals surface area contributed by atoms with Crippen LogP contribution in [0.25, 0.3) is 0 Å². The van der Waals surface area contributed by atoms with Crippen LogP contribution in [-0.2, 0) is 9.53 Å². The van der Waals surface area contributed by atoms with E-state index in [1.165, 1.54) is 17.9 Å². The summed E-state index contributed by atoms with van der Waals surface area (Å²) in [5.41, 5.74) is 0.572. The van der Waals surface area contributed by atoms with Crippen molar-refractivity contribution in [2.24, 2.45) is 10.2 Å². The summed E-state index contributed by atoms with van der Waals surface area (Å²) in [6.45, 7) is 4.28. The Morgan fingerprint density at radius 3 is 2.70 bits per heavy atom. The lowest BCUT2D eigenvalue weighted by molar-refractivity contribution is -0.119. The van der Waals surface area contributed by atoms with Gasteiger partial charge in [0.05, 0.1) is 24.5 Å². The number of hydrogen-bond acceptors (Lipinski definition) is 8. The maximum atomic E-state index is 14.8. The summed E-state index contributed by atoms with van der Waals surface area (Å²) in [4.78, 5) is 39.7. The van der Waals surface area contributed by atoms with Crippen molar-refractivity contribution in [3.63, 3.8) is 0 Å². The third-order valence-corrected chi connectivity index (χ3v) is 5.99. The molecule has 0 radical (unpaired) electrons. The summed E-state index contributed by atoms with van der Waals surface area (Å²) in [5.74, 6) is -0.634. The van der Waals surface area contributed by atoms with Crippen molar-refractivity contribution in [1.82, 2.24) is 10.2 Å². The summed E-state index contributed by atoms with van der Waals surface area (Å²) < 4.78 is 20.1. The van der Waals surface area contributed by atoms with Crippen LogP contribution < -0.4 is 15.1 Å². The number of rotatable bonds is 5. The quantitative estimate of drug-likeness (QED) is 0.752. The third kappa shape index (κ3) is 4.38. The number of azo groups is 1. The van der Waals surface area contributed by atoms with E-state index in [1.807, 2.05) is 9.80 Å². The maximum absolute atomic E-state index is 14.8. The number of carbonyl (C=O) groups is 3. The molecule has 3 aliphatic rings. The van der Waals surface area contributed by atoms with Crippen molar-refractivity contribution in [3.8, 4) is 0 Å². The molecular formula is C18H21FN6O4S. The molecule has 4 rings (SSSR count). The zero-order valence-corrected chi connectivity index (χ0v) is 17.1. The molecule has 2 saturated heterocycles. The lowest BCUT2D eigenvalue weighted by Gasteiger charge is -2.37. The number of cyclic esters (lactones) is 1. The van der Waals surface area contributed by atoms with Crippen LogP contribution in [0, 0.1) is 5.82 Å². The molecule has 1 aromatic rings. The van der Waals surface area contributed by atoms with Crippen molar-refractivity contribution in [3.05, 3.63) is 24.0 Å². The molecule has 0 saturated carbocycles. The van der Waals surface area contributed by atoms with Crippen molar-refractivity contribution >= 4 is 40.4 Å². The first-order valence-corrected chi connectivity index (χ1v) is 10.4. The van der Waals surface area contributed by atoms with Gasteiger partial charge in [0.15, 0.2) is 5.50 Å². The van der Waals surface area contributed by atoms with Gasteiger partial charge in [-0.05, 0) is 30.0 Å². The second kappa shape index (κ2) is 8.56. The van der Waals surface area contributed by atoms with Gasteiger partial charge in [0.2, 0.25) is 5.91 Å². The van der Waals surface area contributed by atoms with Gasteiger partial charge < -0.3 is 15.0 Å². The average molecular weight is 436 g/mol. The number of nitrogens with zero attached hydrogens (tertiary/aromatic N) is 5. The van der Waals surface area contributed by atoms with Gasteiger partial charge in [-0.15, -0.1) is 5.11 Å². The van der Waals surface area contributed by atoms with Crippen molar-refractivity contribution in [2.45, 2.75) is 18.5 Å². The number of thioether (sulfide) groups is 1. The largest absolute Gasteiger partial charge is 0.442 e. The molecule has 10 nitrogen and oxygen atoms in total. The molecule has 3 aliphatic heterocycles. The molecule has 1 N–H and O–H groups in total. The Hall–Kier alpha value is -2.73. The summed E-state index contributed by atoms with van der Waals surface area (Å²) in [6, 6.07) is 4.66. The molecule has 12 heteroatoms. The normalized spacial score (nSPS) is 24.5. The number of nitrogens with one attached hydrogen (secondary N) is 1. The molecule has 2 atom stereocenters. The lowest BCUT2D eigenvalue weighted by atomic mass is 10.2. The smallest absolute Gasteiger partial charge is 0.414 e. The van der Waals surface area contributed by atoms with E-state index < -0.39 is 18.0 Å². The number of anilines is 2. The zero-order valence-electron chi connectivity index (χ0n) is 16.3. The van der Waals surface area contributed by atoms with Crippen LogP contribution in [0.2, 0.25) is 0 Å². The average Bonchev–Trinajstić information content (AvgIpc) is 3.32. The van der Waals surface area contributed by atoms with Crippen LogP contribution in [0.4, 0.5) is 25.4 Å². The molecule has 0 aliphatic carbocycles. The highest BCUT2D eigenvalue weighted by molar-refractivity contribution is 8.14. The van der Waals surface area contributed by atoms with Gasteiger partial charge in [-0.2, -0.15) is 5.11 Å². The van der Waals surface area contributed by atoms with E-state index in [-0.39, 0.29) is 29.7 Å². The Bertz CT molecular complexity index is 891. The minimum atomic E-state index is -0.566. The molecule has 3 amide bonds. The van der Waals surface area contributed by atoms with Crippen LogP contribution in [0.3, 0.4) is 0 Å². The molecule has 3 heterocycles. The van der Waals surface area contributed by atoms with Crippen LogP contribution in [-0.4, -0.2) is 73.0 Å². The molecular weight excluding hydrogens is 415 g/mol. The molecule has 0 spiro atoms. The molecule has 1 aromatic carbocycles. The number of amides is 3. The third-order valence-electron chi connectivity index (χ3n) is 5.11. The number of ether oxygens (including phenoxy) is 1. The summed E-state index contributed by atoms with van der Waals surface area (Å²) in [5, 5.41) is 9.80. The fourth-order valence-corrected chi connectivity index (χ4v) is 4.31. The highest BCUT2D eigenvalue weighted by Gasteiger charge is 2.34. The van der Waals surface area contributed by atoms with Crippen molar-refractivity contribution in [1.29, 1.82) is 0 Å². The van der Waals surface area contributed by atoms with Gasteiger partial charge in [0.25, 0.3) is 0 Å². The van der Waals surface area contributed by atoms with Gasteiger partial charge in [-0.1, -0.05) is 0 Å². The Labute approximate surface area is 176 Å². The van der Waals surface area contributed by atoms with Crippen LogP contribution >= 0.6 is 11.8 Å². The van der Waals surface area contributed by atoms with Gasteiger partial charge in [0, 0.05) is 33.1 Å². The van der Waals surface area contributed by atoms with E-state index in [9.17, 15) is 18.8 Å². The van der Waals surface area contributed by atoms with Crippen LogP contribution in [0.5, 0.6) is 0 Å².